The number of fused-ring (bicyclic) bond motifs is 1. The van der Waals surface area contributed by atoms with Gasteiger partial charge in [0.05, 0.1) is 16.8 Å². The third-order valence-electron chi connectivity index (χ3n) is 5.20. The SMILES string of the molecule is NC(=O)C1CCN(C(=O)c2cc(-c3ccccc3)nc3ccccc23)CC1. The first-order valence-electron chi connectivity index (χ1n) is 9.17. The normalized spacial score (nSPS) is 15.0. The molecule has 2 N–H and O–H groups in total. The standard InChI is InChI=1S/C22H21N3O2/c23-21(26)16-10-12-25(13-11-16)22(27)18-14-20(15-6-2-1-3-7-15)24-19-9-5-4-8-17(18)19/h1-9,14,16H,10-13H2,(H2,23,26). The smallest absolute Gasteiger partial charge is 0.254 e. The van der Waals surface area contributed by atoms with Crippen molar-refractivity contribution in [2.75, 3.05) is 13.1 Å². The van der Waals surface area contributed by atoms with Crippen LogP contribution in [-0.2, 0) is 4.79 Å². The van der Waals surface area contributed by atoms with Gasteiger partial charge in [0, 0.05) is 30.0 Å². The van der Waals surface area contributed by atoms with E-state index < -0.39 is 0 Å². The summed E-state index contributed by atoms with van der Waals surface area (Å²) in [5.41, 5.74) is 8.62. The molecular weight excluding hydrogens is 338 g/mol. The minimum Gasteiger partial charge on any atom is -0.369 e. The molecule has 2 aromatic carbocycles. The molecule has 1 saturated heterocycles. The number of carbonyl (C=O) groups excluding carboxylic acids is 2. The van der Waals surface area contributed by atoms with Crippen molar-refractivity contribution >= 4 is 22.7 Å². The first-order valence-corrected chi connectivity index (χ1v) is 9.17. The Balaban J connectivity index is 1.72. The molecule has 5 nitrogen and oxygen atoms in total. The van der Waals surface area contributed by atoms with Crippen LogP contribution in [0.15, 0.2) is 60.7 Å². The quantitative estimate of drug-likeness (QED) is 0.780. The number of rotatable bonds is 3. The predicted molar refractivity (Wildman–Crippen MR) is 105 cm³/mol. The molecule has 1 aliphatic rings. The van der Waals surface area contributed by atoms with Gasteiger partial charge in [-0.25, -0.2) is 4.98 Å². The summed E-state index contributed by atoms with van der Waals surface area (Å²) in [5, 5.41) is 0.846. The number of hydrogen-bond acceptors (Lipinski definition) is 3. The van der Waals surface area contributed by atoms with Crippen molar-refractivity contribution in [1.82, 2.24) is 9.88 Å². The number of nitrogens with zero attached hydrogens (tertiary/aromatic N) is 2. The number of amides is 2. The van der Waals surface area contributed by atoms with E-state index in [0.29, 0.717) is 31.5 Å². The summed E-state index contributed by atoms with van der Waals surface area (Å²) in [5.74, 6) is -0.431. The molecule has 2 heterocycles. The number of likely N-dealkylation sites (tertiary alicyclic amines) is 1. The molecule has 5 heteroatoms. The minimum atomic E-state index is -0.275. The molecule has 27 heavy (non-hydrogen) atoms. The summed E-state index contributed by atoms with van der Waals surface area (Å²) in [6, 6.07) is 19.4. The van der Waals surface area contributed by atoms with E-state index in [0.717, 1.165) is 22.2 Å². The zero-order valence-corrected chi connectivity index (χ0v) is 15.0. The van der Waals surface area contributed by atoms with Crippen LogP contribution in [-0.4, -0.2) is 34.8 Å². The molecule has 136 valence electrons. The highest BCUT2D eigenvalue weighted by molar-refractivity contribution is 6.07. The highest BCUT2D eigenvalue weighted by atomic mass is 16.2. The molecule has 0 atom stereocenters. The van der Waals surface area contributed by atoms with Gasteiger partial charge in [0.2, 0.25) is 5.91 Å². The van der Waals surface area contributed by atoms with E-state index in [9.17, 15) is 9.59 Å². The molecule has 0 bridgehead atoms. The van der Waals surface area contributed by atoms with E-state index in [2.05, 4.69) is 0 Å². The second kappa shape index (κ2) is 7.19. The first-order chi connectivity index (χ1) is 13.1. The molecule has 0 saturated carbocycles. The Morgan fingerprint density at radius 3 is 2.33 bits per heavy atom. The molecule has 4 rings (SSSR count). The van der Waals surface area contributed by atoms with Crippen molar-refractivity contribution in [1.29, 1.82) is 0 Å². The highest BCUT2D eigenvalue weighted by Gasteiger charge is 2.27. The number of aromatic nitrogens is 1. The van der Waals surface area contributed by atoms with Gasteiger partial charge in [-0.2, -0.15) is 0 Å². The number of pyridine rings is 1. The molecule has 0 aliphatic carbocycles. The second-order valence-corrected chi connectivity index (χ2v) is 6.91. The molecule has 3 aromatic rings. The number of primary amides is 1. The number of hydrogen-bond donors (Lipinski definition) is 1. The molecule has 2 amide bonds. The van der Waals surface area contributed by atoms with E-state index in [-0.39, 0.29) is 17.7 Å². The minimum absolute atomic E-state index is 0.0197. The molecular formula is C22H21N3O2. The van der Waals surface area contributed by atoms with Gasteiger partial charge in [-0.15, -0.1) is 0 Å². The van der Waals surface area contributed by atoms with Crippen molar-refractivity contribution < 1.29 is 9.59 Å². The maximum Gasteiger partial charge on any atom is 0.254 e. The lowest BCUT2D eigenvalue weighted by Gasteiger charge is -2.31. The largest absolute Gasteiger partial charge is 0.369 e. The topological polar surface area (TPSA) is 76.3 Å². The number of piperidine rings is 1. The fourth-order valence-corrected chi connectivity index (χ4v) is 3.65. The average molecular weight is 359 g/mol. The van der Waals surface area contributed by atoms with Crippen LogP contribution in [0.4, 0.5) is 0 Å². The zero-order valence-electron chi connectivity index (χ0n) is 15.0. The van der Waals surface area contributed by atoms with Crippen LogP contribution < -0.4 is 5.73 Å². The number of para-hydroxylation sites is 1. The fourth-order valence-electron chi connectivity index (χ4n) is 3.65. The van der Waals surface area contributed by atoms with E-state index in [4.69, 9.17) is 10.7 Å². The molecule has 1 aliphatic heterocycles. The van der Waals surface area contributed by atoms with Crippen LogP contribution in [0.3, 0.4) is 0 Å². The summed E-state index contributed by atoms with van der Waals surface area (Å²) in [7, 11) is 0. The Labute approximate surface area is 157 Å². The van der Waals surface area contributed by atoms with E-state index in [1.807, 2.05) is 65.6 Å². The molecule has 1 fully saturated rings. The third kappa shape index (κ3) is 3.40. The summed E-state index contributed by atoms with van der Waals surface area (Å²) in [6.45, 7) is 1.09. The maximum absolute atomic E-state index is 13.3. The van der Waals surface area contributed by atoms with Crippen molar-refractivity contribution in [3.8, 4) is 11.3 Å². The lowest BCUT2D eigenvalue weighted by Crippen LogP contribution is -2.41. The van der Waals surface area contributed by atoms with Crippen LogP contribution in [0.1, 0.15) is 23.2 Å². The summed E-state index contributed by atoms with van der Waals surface area (Å²) in [6.07, 6.45) is 1.24. The zero-order chi connectivity index (χ0) is 18.8. The Hall–Kier alpha value is -3.21. The Kier molecular flexibility index (Phi) is 4.59. The van der Waals surface area contributed by atoms with E-state index in [1.54, 1.807) is 0 Å². The fraction of sp³-hybridized carbons (Fsp3) is 0.227. The molecule has 1 aromatic heterocycles. The van der Waals surface area contributed by atoms with Crippen LogP contribution in [0, 0.1) is 5.92 Å². The Bertz CT molecular complexity index is 993. The van der Waals surface area contributed by atoms with Crippen molar-refractivity contribution in [3.63, 3.8) is 0 Å². The highest BCUT2D eigenvalue weighted by Crippen LogP contribution is 2.27. The van der Waals surface area contributed by atoms with Crippen LogP contribution in [0.25, 0.3) is 22.2 Å². The average Bonchev–Trinajstić information content (AvgIpc) is 2.73. The molecule has 0 unspecified atom stereocenters. The molecule has 0 radical (unpaired) electrons. The summed E-state index contributed by atoms with van der Waals surface area (Å²) in [4.78, 5) is 31.2. The molecule has 0 spiro atoms. The van der Waals surface area contributed by atoms with Gasteiger partial charge in [0.1, 0.15) is 0 Å². The predicted octanol–water partition coefficient (Wildman–Crippen LogP) is 3.24. The number of carbonyl (C=O) groups is 2. The van der Waals surface area contributed by atoms with Crippen LogP contribution >= 0.6 is 0 Å². The number of benzene rings is 2. The maximum atomic E-state index is 13.3. The summed E-state index contributed by atoms with van der Waals surface area (Å²) < 4.78 is 0. The Morgan fingerprint density at radius 1 is 0.963 bits per heavy atom. The van der Waals surface area contributed by atoms with Gasteiger partial charge in [-0.3, -0.25) is 9.59 Å². The Morgan fingerprint density at radius 2 is 1.63 bits per heavy atom. The van der Waals surface area contributed by atoms with Crippen molar-refractivity contribution in [2.24, 2.45) is 11.7 Å². The van der Waals surface area contributed by atoms with E-state index >= 15 is 0 Å². The van der Waals surface area contributed by atoms with E-state index in [1.165, 1.54) is 0 Å². The monoisotopic (exact) mass is 359 g/mol. The van der Waals surface area contributed by atoms with Crippen molar-refractivity contribution in [2.45, 2.75) is 12.8 Å². The van der Waals surface area contributed by atoms with Gasteiger partial charge in [-0.05, 0) is 25.0 Å². The van der Waals surface area contributed by atoms with Gasteiger partial charge >= 0.3 is 0 Å². The van der Waals surface area contributed by atoms with Crippen LogP contribution in [0.2, 0.25) is 0 Å². The van der Waals surface area contributed by atoms with Gasteiger partial charge in [0.15, 0.2) is 0 Å². The summed E-state index contributed by atoms with van der Waals surface area (Å²) >= 11 is 0. The second-order valence-electron chi connectivity index (χ2n) is 6.91. The van der Waals surface area contributed by atoms with Gasteiger partial charge in [0.25, 0.3) is 5.91 Å². The first kappa shape index (κ1) is 17.2. The lowest BCUT2D eigenvalue weighted by molar-refractivity contribution is -0.123. The number of nitrogens with two attached hydrogens (primary N) is 1. The lowest BCUT2D eigenvalue weighted by atomic mass is 9.95. The van der Waals surface area contributed by atoms with Gasteiger partial charge in [-0.1, -0.05) is 48.5 Å². The van der Waals surface area contributed by atoms with Crippen LogP contribution in [0.5, 0.6) is 0 Å². The third-order valence-corrected chi connectivity index (χ3v) is 5.20. The van der Waals surface area contributed by atoms with Crippen molar-refractivity contribution in [3.05, 3.63) is 66.2 Å². The van der Waals surface area contributed by atoms with Gasteiger partial charge < -0.3 is 10.6 Å².